The Kier molecular flexibility index (Phi) is 4.54. The summed E-state index contributed by atoms with van der Waals surface area (Å²) in [6.07, 6.45) is 4.57. The van der Waals surface area contributed by atoms with E-state index >= 15 is 0 Å². The topological polar surface area (TPSA) is 26.0 Å². The van der Waals surface area contributed by atoms with Gasteiger partial charge in [-0.25, -0.2) is 0 Å². The van der Waals surface area contributed by atoms with E-state index < -0.39 is 0 Å². The van der Waals surface area contributed by atoms with Gasteiger partial charge in [-0.15, -0.1) is 0 Å². The summed E-state index contributed by atoms with van der Waals surface area (Å²) in [6.45, 7) is 0. The van der Waals surface area contributed by atoms with E-state index in [4.69, 9.17) is 28.9 Å². The SMILES string of the molecule is NC(CC1CCCc2ccccc21)c1cc(Cl)cc(Cl)c1. The summed E-state index contributed by atoms with van der Waals surface area (Å²) in [5.74, 6) is 0.530. The van der Waals surface area contributed by atoms with Gasteiger partial charge in [0, 0.05) is 16.1 Å². The number of fused-ring (bicyclic) bond motifs is 1. The van der Waals surface area contributed by atoms with Gasteiger partial charge in [-0.3, -0.25) is 0 Å². The fourth-order valence-corrected chi connectivity index (χ4v) is 3.87. The van der Waals surface area contributed by atoms with Crippen LogP contribution in [0.25, 0.3) is 0 Å². The normalized spacial score (nSPS) is 19.1. The van der Waals surface area contributed by atoms with Crippen molar-refractivity contribution in [3.63, 3.8) is 0 Å². The minimum atomic E-state index is -0.0302. The predicted molar refractivity (Wildman–Crippen MR) is 90.1 cm³/mol. The predicted octanol–water partition coefficient (Wildman–Crippen LogP) is 5.50. The highest BCUT2D eigenvalue weighted by Gasteiger charge is 2.22. The molecule has 0 aromatic heterocycles. The van der Waals surface area contributed by atoms with Crippen molar-refractivity contribution in [1.82, 2.24) is 0 Å². The molecule has 1 aliphatic carbocycles. The summed E-state index contributed by atoms with van der Waals surface area (Å²) in [7, 11) is 0. The van der Waals surface area contributed by atoms with Crippen molar-refractivity contribution in [2.75, 3.05) is 0 Å². The van der Waals surface area contributed by atoms with Gasteiger partial charge in [-0.1, -0.05) is 47.5 Å². The molecule has 0 amide bonds. The van der Waals surface area contributed by atoms with Gasteiger partial charge < -0.3 is 5.73 Å². The number of hydrogen-bond donors (Lipinski definition) is 1. The highest BCUT2D eigenvalue weighted by atomic mass is 35.5. The monoisotopic (exact) mass is 319 g/mol. The van der Waals surface area contributed by atoms with E-state index in [1.165, 1.54) is 30.4 Å². The molecule has 2 aromatic rings. The number of nitrogens with two attached hydrogens (primary N) is 1. The lowest BCUT2D eigenvalue weighted by atomic mass is 9.79. The zero-order chi connectivity index (χ0) is 14.8. The van der Waals surface area contributed by atoms with Crippen LogP contribution in [0.3, 0.4) is 0 Å². The fraction of sp³-hybridized carbons (Fsp3) is 0.333. The molecule has 2 N–H and O–H groups in total. The largest absolute Gasteiger partial charge is 0.324 e. The van der Waals surface area contributed by atoms with Crippen LogP contribution < -0.4 is 5.73 Å². The number of halogens is 2. The molecule has 110 valence electrons. The van der Waals surface area contributed by atoms with E-state index in [1.807, 2.05) is 12.1 Å². The molecule has 3 rings (SSSR count). The second kappa shape index (κ2) is 6.39. The Morgan fingerprint density at radius 3 is 2.57 bits per heavy atom. The van der Waals surface area contributed by atoms with Crippen LogP contribution in [0.2, 0.25) is 10.0 Å². The Morgan fingerprint density at radius 1 is 1.10 bits per heavy atom. The maximum absolute atomic E-state index is 6.40. The molecule has 0 spiro atoms. The Bertz CT molecular complexity index is 619. The molecule has 3 heteroatoms. The second-order valence-corrected chi connectivity index (χ2v) is 6.71. The first-order valence-electron chi connectivity index (χ1n) is 7.43. The summed E-state index contributed by atoms with van der Waals surface area (Å²) in [5, 5.41) is 1.30. The van der Waals surface area contributed by atoms with E-state index in [-0.39, 0.29) is 6.04 Å². The van der Waals surface area contributed by atoms with Gasteiger partial charge in [0.15, 0.2) is 0 Å². The molecular formula is C18H19Cl2N. The molecule has 0 aliphatic heterocycles. The number of hydrogen-bond acceptors (Lipinski definition) is 1. The Hall–Kier alpha value is -1.02. The first-order chi connectivity index (χ1) is 10.1. The standard InChI is InChI=1S/C18H19Cl2N/c19-15-8-14(9-16(20)11-15)18(21)10-13-6-3-5-12-4-1-2-7-17(12)13/h1-2,4,7-9,11,13,18H,3,5-6,10,21H2. The van der Waals surface area contributed by atoms with Crippen molar-refractivity contribution < 1.29 is 0 Å². The van der Waals surface area contributed by atoms with Crippen LogP contribution in [0, 0.1) is 0 Å². The molecule has 0 fully saturated rings. The van der Waals surface area contributed by atoms with Gasteiger partial charge in [0.2, 0.25) is 0 Å². The van der Waals surface area contributed by atoms with Gasteiger partial charge in [-0.05, 0) is 66.5 Å². The lowest BCUT2D eigenvalue weighted by Gasteiger charge is -2.28. The van der Waals surface area contributed by atoms with E-state index in [9.17, 15) is 0 Å². The quantitative estimate of drug-likeness (QED) is 0.793. The summed E-state index contributed by atoms with van der Waals surface area (Å²) in [6, 6.07) is 14.3. The molecule has 2 unspecified atom stereocenters. The van der Waals surface area contributed by atoms with Crippen LogP contribution in [0.15, 0.2) is 42.5 Å². The van der Waals surface area contributed by atoms with Crippen LogP contribution in [-0.4, -0.2) is 0 Å². The number of rotatable bonds is 3. The minimum Gasteiger partial charge on any atom is -0.324 e. The molecule has 0 heterocycles. The van der Waals surface area contributed by atoms with Crippen LogP contribution in [0.1, 0.15) is 47.9 Å². The second-order valence-electron chi connectivity index (χ2n) is 5.83. The maximum Gasteiger partial charge on any atom is 0.0424 e. The van der Waals surface area contributed by atoms with E-state index in [2.05, 4.69) is 24.3 Å². The Balaban J connectivity index is 1.81. The van der Waals surface area contributed by atoms with Crippen molar-refractivity contribution in [2.24, 2.45) is 5.73 Å². The van der Waals surface area contributed by atoms with Crippen molar-refractivity contribution in [3.8, 4) is 0 Å². The average molecular weight is 320 g/mol. The lowest BCUT2D eigenvalue weighted by Crippen LogP contribution is -2.18. The summed E-state index contributed by atoms with van der Waals surface area (Å²) in [4.78, 5) is 0. The summed E-state index contributed by atoms with van der Waals surface area (Å²) < 4.78 is 0. The first kappa shape index (κ1) is 14.9. The molecule has 1 aliphatic rings. The third kappa shape index (κ3) is 3.42. The molecule has 0 saturated carbocycles. The van der Waals surface area contributed by atoms with Gasteiger partial charge >= 0.3 is 0 Å². The zero-order valence-electron chi connectivity index (χ0n) is 11.9. The van der Waals surface area contributed by atoms with Gasteiger partial charge in [0.1, 0.15) is 0 Å². The zero-order valence-corrected chi connectivity index (χ0v) is 13.4. The average Bonchev–Trinajstić information content (AvgIpc) is 2.46. The number of benzene rings is 2. The molecule has 2 aromatic carbocycles. The molecule has 1 nitrogen and oxygen atoms in total. The Morgan fingerprint density at radius 2 is 1.81 bits per heavy atom. The molecular weight excluding hydrogens is 301 g/mol. The van der Waals surface area contributed by atoms with Crippen molar-refractivity contribution in [2.45, 2.75) is 37.6 Å². The lowest BCUT2D eigenvalue weighted by molar-refractivity contribution is 0.476. The fourth-order valence-electron chi connectivity index (χ4n) is 3.33. The third-order valence-electron chi connectivity index (χ3n) is 4.35. The van der Waals surface area contributed by atoms with Crippen molar-refractivity contribution >= 4 is 23.2 Å². The van der Waals surface area contributed by atoms with E-state index in [0.29, 0.717) is 16.0 Å². The molecule has 0 bridgehead atoms. The highest BCUT2D eigenvalue weighted by Crippen LogP contribution is 2.37. The summed E-state index contributed by atoms with van der Waals surface area (Å²) in [5.41, 5.74) is 10.4. The first-order valence-corrected chi connectivity index (χ1v) is 8.18. The van der Waals surface area contributed by atoms with Gasteiger partial charge in [0.05, 0.1) is 0 Å². The summed E-state index contributed by atoms with van der Waals surface area (Å²) >= 11 is 12.2. The molecule has 21 heavy (non-hydrogen) atoms. The van der Waals surface area contributed by atoms with Gasteiger partial charge in [-0.2, -0.15) is 0 Å². The smallest absolute Gasteiger partial charge is 0.0424 e. The van der Waals surface area contributed by atoms with Crippen molar-refractivity contribution in [3.05, 3.63) is 69.2 Å². The molecule has 0 saturated heterocycles. The van der Waals surface area contributed by atoms with E-state index in [0.717, 1.165) is 12.0 Å². The number of aryl methyl sites for hydroxylation is 1. The van der Waals surface area contributed by atoms with Crippen LogP contribution >= 0.6 is 23.2 Å². The van der Waals surface area contributed by atoms with E-state index in [1.54, 1.807) is 6.07 Å². The highest BCUT2D eigenvalue weighted by molar-refractivity contribution is 6.34. The van der Waals surface area contributed by atoms with Crippen molar-refractivity contribution in [1.29, 1.82) is 0 Å². The van der Waals surface area contributed by atoms with Crippen LogP contribution in [0.4, 0.5) is 0 Å². The molecule has 2 atom stereocenters. The minimum absolute atomic E-state index is 0.0302. The van der Waals surface area contributed by atoms with Crippen LogP contribution in [0.5, 0.6) is 0 Å². The Labute approximate surface area is 136 Å². The van der Waals surface area contributed by atoms with Crippen LogP contribution in [-0.2, 0) is 6.42 Å². The molecule has 0 radical (unpaired) electrons. The van der Waals surface area contributed by atoms with Gasteiger partial charge in [0.25, 0.3) is 0 Å². The third-order valence-corrected chi connectivity index (χ3v) is 4.78. The maximum atomic E-state index is 6.40.